The molecule has 0 aromatic heterocycles. The second-order valence-corrected chi connectivity index (χ2v) is 4.16. The van der Waals surface area contributed by atoms with Gasteiger partial charge in [-0.1, -0.05) is 0 Å². The fraction of sp³-hybridized carbons (Fsp3) is 1.00. The fourth-order valence-corrected chi connectivity index (χ4v) is 2.41. The van der Waals surface area contributed by atoms with Gasteiger partial charge in [0.05, 0.1) is 12.1 Å². The van der Waals surface area contributed by atoms with E-state index in [-0.39, 0.29) is 12.1 Å². The largest absolute Gasteiger partial charge is 0.345 e. The van der Waals surface area contributed by atoms with Gasteiger partial charge in [-0.25, -0.2) is 5.01 Å². The van der Waals surface area contributed by atoms with Crippen molar-refractivity contribution in [2.45, 2.75) is 31.0 Å². The highest BCUT2D eigenvalue weighted by Crippen LogP contribution is 2.29. The van der Waals surface area contributed by atoms with Crippen molar-refractivity contribution in [1.29, 1.82) is 0 Å². The first-order chi connectivity index (χ1) is 6.60. The molecule has 0 saturated carbocycles. The second kappa shape index (κ2) is 3.69. The number of rotatable bonds is 3. The predicted octanol–water partition coefficient (Wildman–Crippen LogP) is -0.0943. The van der Waals surface area contributed by atoms with Crippen LogP contribution >= 0.6 is 0 Å². The maximum atomic E-state index is 11.9. The van der Waals surface area contributed by atoms with Crippen molar-refractivity contribution < 1.29 is 13.5 Å². The van der Waals surface area contributed by atoms with Crippen LogP contribution in [0.4, 0.5) is 8.78 Å². The Bertz CT molecular complexity index is 217. The van der Waals surface area contributed by atoms with Gasteiger partial charge in [0, 0.05) is 19.1 Å². The lowest BCUT2D eigenvalue weighted by atomic mass is 9.99. The topological polar surface area (TPSA) is 50.5 Å². The van der Waals surface area contributed by atoms with Gasteiger partial charge < -0.3 is 10.1 Å². The zero-order chi connectivity index (χ0) is 10.2. The number of halogens is 2. The summed E-state index contributed by atoms with van der Waals surface area (Å²) in [7, 11) is 0. The first-order valence-corrected chi connectivity index (χ1v) is 4.77. The monoisotopic (exact) mass is 207 g/mol. The van der Waals surface area contributed by atoms with E-state index < -0.39 is 6.61 Å². The number of nitrogens with two attached hydrogens (primary N) is 1. The Balaban J connectivity index is 1.94. The summed E-state index contributed by atoms with van der Waals surface area (Å²) in [6.45, 7) is -1.29. The average molecular weight is 207 g/mol. The molecule has 0 radical (unpaired) electrons. The zero-order valence-corrected chi connectivity index (χ0v) is 7.88. The minimum atomic E-state index is -2.70. The molecular formula is C8H15F2N3O. The van der Waals surface area contributed by atoms with Crippen LogP contribution in [0, 0.1) is 0 Å². The highest BCUT2D eigenvalue weighted by atomic mass is 19.3. The normalized spacial score (nSPS) is 38.1. The lowest BCUT2D eigenvalue weighted by Gasteiger charge is -2.38. The Morgan fingerprint density at radius 2 is 2.43 bits per heavy atom. The Morgan fingerprint density at radius 3 is 3.14 bits per heavy atom. The fourth-order valence-electron chi connectivity index (χ4n) is 2.41. The molecule has 4 nitrogen and oxygen atoms in total. The maximum Gasteiger partial charge on any atom is 0.345 e. The van der Waals surface area contributed by atoms with Gasteiger partial charge in [-0.15, -0.1) is 0 Å². The number of piperazine rings is 1. The van der Waals surface area contributed by atoms with Gasteiger partial charge in [0.1, 0.15) is 0 Å². The smallest absolute Gasteiger partial charge is 0.321 e. The van der Waals surface area contributed by atoms with E-state index in [0.29, 0.717) is 12.6 Å². The molecule has 0 aromatic carbocycles. The van der Waals surface area contributed by atoms with Crippen LogP contribution in [0.5, 0.6) is 0 Å². The molecular weight excluding hydrogens is 192 g/mol. The van der Waals surface area contributed by atoms with E-state index in [9.17, 15) is 8.78 Å². The maximum absolute atomic E-state index is 11.9. The number of ether oxygens (including phenoxy) is 1. The van der Waals surface area contributed by atoms with Gasteiger partial charge in [-0.2, -0.15) is 8.78 Å². The molecule has 0 amide bonds. The molecule has 2 aliphatic rings. The van der Waals surface area contributed by atoms with Crippen molar-refractivity contribution in [2.24, 2.45) is 5.84 Å². The van der Waals surface area contributed by atoms with Crippen LogP contribution in [0.1, 0.15) is 12.8 Å². The first kappa shape index (κ1) is 10.2. The minimum absolute atomic E-state index is 0.0366. The zero-order valence-electron chi connectivity index (χ0n) is 7.88. The molecule has 2 bridgehead atoms. The summed E-state index contributed by atoms with van der Waals surface area (Å²) < 4.78 is 28.2. The van der Waals surface area contributed by atoms with E-state index in [1.54, 1.807) is 5.01 Å². The van der Waals surface area contributed by atoms with Gasteiger partial charge in [0.2, 0.25) is 0 Å². The van der Waals surface area contributed by atoms with Crippen molar-refractivity contribution in [3.63, 3.8) is 0 Å². The first-order valence-electron chi connectivity index (χ1n) is 4.77. The van der Waals surface area contributed by atoms with Gasteiger partial charge in [-0.3, -0.25) is 5.84 Å². The second-order valence-electron chi connectivity index (χ2n) is 4.16. The van der Waals surface area contributed by atoms with E-state index in [1.165, 1.54) is 0 Å². The summed E-state index contributed by atoms with van der Waals surface area (Å²) >= 11 is 0. The van der Waals surface area contributed by atoms with Gasteiger partial charge >= 0.3 is 6.61 Å². The molecule has 2 atom stereocenters. The number of nitrogens with zero attached hydrogens (tertiary/aromatic N) is 1. The van der Waals surface area contributed by atoms with Crippen LogP contribution in [-0.4, -0.2) is 42.9 Å². The van der Waals surface area contributed by atoms with E-state index in [1.807, 2.05) is 0 Å². The summed E-state index contributed by atoms with van der Waals surface area (Å²) in [4.78, 5) is 0. The summed E-state index contributed by atoms with van der Waals surface area (Å²) in [5.41, 5.74) is -0.353. The summed E-state index contributed by atoms with van der Waals surface area (Å²) in [6.07, 6.45) is 1.85. The Morgan fingerprint density at radius 1 is 1.64 bits per heavy atom. The molecule has 2 aliphatic heterocycles. The van der Waals surface area contributed by atoms with Crippen LogP contribution in [-0.2, 0) is 4.74 Å². The number of alkyl halides is 2. The van der Waals surface area contributed by atoms with E-state index in [2.05, 4.69) is 10.1 Å². The highest BCUT2D eigenvalue weighted by Gasteiger charge is 2.44. The van der Waals surface area contributed by atoms with E-state index >= 15 is 0 Å². The van der Waals surface area contributed by atoms with E-state index in [0.717, 1.165) is 19.4 Å². The Hall–Kier alpha value is -0.300. The molecule has 2 fully saturated rings. The van der Waals surface area contributed by atoms with E-state index in [4.69, 9.17) is 5.84 Å². The molecule has 2 rings (SSSR count). The molecule has 0 aliphatic carbocycles. The molecule has 3 N–H and O–H groups in total. The Kier molecular flexibility index (Phi) is 2.70. The number of nitrogens with one attached hydrogen (secondary N) is 1. The van der Waals surface area contributed by atoms with Gasteiger partial charge in [-0.05, 0) is 12.8 Å². The Labute approximate surface area is 81.3 Å². The van der Waals surface area contributed by atoms with Crippen molar-refractivity contribution in [3.8, 4) is 0 Å². The molecule has 0 spiro atoms. The minimum Gasteiger partial charge on any atom is -0.321 e. The van der Waals surface area contributed by atoms with Gasteiger partial charge in [0.15, 0.2) is 0 Å². The third-order valence-corrected chi connectivity index (χ3v) is 2.93. The standard InChI is InChI=1S/C8H15F2N3O/c9-7(10)14-5-8-2-1-6(12-8)3-13(11)4-8/h6-7,12H,1-5,11H2/t6-,8+/m1/s1. The quantitative estimate of drug-likeness (QED) is 0.635. The van der Waals surface area contributed by atoms with Crippen molar-refractivity contribution in [3.05, 3.63) is 0 Å². The summed E-state index contributed by atoms with van der Waals surface area (Å²) in [5, 5.41) is 4.99. The number of fused-ring (bicyclic) bond motifs is 2. The van der Waals surface area contributed by atoms with Crippen molar-refractivity contribution in [2.75, 3.05) is 19.7 Å². The van der Waals surface area contributed by atoms with Crippen LogP contribution in [0.15, 0.2) is 0 Å². The van der Waals surface area contributed by atoms with Crippen molar-refractivity contribution >= 4 is 0 Å². The predicted molar refractivity (Wildman–Crippen MR) is 46.6 cm³/mol. The summed E-state index contributed by atoms with van der Waals surface area (Å²) in [5.74, 6) is 5.70. The highest BCUT2D eigenvalue weighted by molar-refractivity contribution is 5.03. The number of hydrazine groups is 1. The van der Waals surface area contributed by atoms with Crippen LogP contribution in [0.3, 0.4) is 0 Å². The number of hydrogen-bond acceptors (Lipinski definition) is 4. The third kappa shape index (κ3) is 2.03. The van der Waals surface area contributed by atoms with Crippen LogP contribution in [0.25, 0.3) is 0 Å². The lowest BCUT2D eigenvalue weighted by molar-refractivity contribution is -0.146. The molecule has 14 heavy (non-hydrogen) atoms. The SMILES string of the molecule is NN1C[C@H]2CC[C@@](COC(F)F)(C1)N2. The molecule has 82 valence electrons. The lowest BCUT2D eigenvalue weighted by Crippen LogP contribution is -2.63. The molecule has 0 aromatic rings. The summed E-state index contributed by atoms with van der Waals surface area (Å²) in [6, 6.07) is 0.329. The third-order valence-electron chi connectivity index (χ3n) is 2.93. The molecule has 2 heterocycles. The van der Waals surface area contributed by atoms with Crippen LogP contribution < -0.4 is 11.2 Å². The number of hydrogen-bond donors (Lipinski definition) is 2. The molecule has 6 heteroatoms. The van der Waals surface area contributed by atoms with Crippen molar-refractivity contribution in [1.82, 2.24) is 10.3 Å². The molecule has 2 saturated heterocycles. The van der Waals surface area contributed by atoms with Gasteiger partial charge in [0.25, 0.3) is 0 Å². The van der Waals surface area contributed by atoms with Crippen LogP contribution in [0.2, 0.25) is 0 Å². The molecule has 0 unspecified atom stereocenters. The average Bonchev–Trinajstić information content (AvgIpc) is 2.40.